The highest BCUT2D eigenvalue weighted by Gasteiger charge is 2.28. The number of aromatic nitrogens is 1. The lowest BCUT2D eigenvalue weighted by Crippen LogP contribution is -2.51. The fourth-order valence-corrected chi connectivity index (χ4v) is 3.79. The van der Waals surface area contributed by atoms with Gasteiger partial charge in [-0.15, -0.1) is 11.3 Å². The molecule has 1 aromatic carbocycles. The highest BCUT2D eigenvalue weighted by Crippen LogP contribution is 2.27. The van der Waals surface area contributed by atoms with Crippen LogP contribution >= 0.6 is 11.3 Å². The third-order valence-electron chi connectivity index (χ3n) is 4.17. The Balaban J connectivity index is 1.75. The normalized spacial score (nSPS) is 24.9. The second-order valence-corrected chi connectivity index (χ2v) is 6.89. The van der Waals surface area contributed by atoms with Crippen LogP contribution in [-0.4, -0.2) is 35.6 Å². The van der Waals surface area contributed by atoms with Gasteiger partial charge in [0.1, 0.15) is 0 Å². The van der Waals surface area contributed by atoms with Gasteiger partial charge >= 0.3 is 0 Å². The zero-order chi connectivity index (χ0) is 14.7. The number of benzene rings is 1. The Labute approximate surface area is 131 Å². The third kappa shape index (κ3) is 3.51. The predicted molar refractivity (Wildman–Crippen MR) is 88.7 cm³/mol. The Morgan fingerprint density at radius 1 is 1.38 bits per heavy atom. The van der Waals surface area contributed by atoms with Crippen molar-refractivity contribution in [1.29, 1.82) is 0 Å². The smallest absolute Gasteiger partial charge is 0.0965 e. The van der Waals surface area contributed by atoms with Gasteiger partial charge in [-0.3, -0.25) is 4.90 Å². The van der Waals surface area contributed by atoms with Crippen LogP contribution in [0.15, 0.2) is 41.9 Å². The molecule has 1 fully saturated rings. The number of hydrogen-bond donors (Lipinski definition) is 1. The van der Waals surface area contributed by atoms with Crippen LogP contribution in [0.4, 0.5) is 0 Å². The topological polar surface area (TPSA) is 28.2 Å². The van der Waals surface area contributed by atoms with Gasteiger partial charge in [0.2, 0.25) is 0 Å². The molecule has 0 radical (unpaired) electrons. The molecule has 21 heavy (non-hydrogen) atoms. The first-order valence-electron chi connectivity index (χ1n) is 7.66. The molecule has 3 unspecified atom stereocenters. The van der Waals surface area contributed by atoms with Gasteiger partial charge in [-0.1, -0.05) is 37.3 Å². The lowest BCUT2D eigenvalue weighted by molar-refractivity contribution is 0.129. The van der Waals surface area contributed by atoms with Crippen molar-refractivity contribution in [2.24, 2.45) is 0 Å². The van der Waals surface area contributed by atoms with E-state index in [4.69, 9.17) is 0 Å². The molecule has 4 heteroatoms. The standard InChI is InChI=1S/C17H23N3S/c1-13(17-18-8-9-21-17)11-20-12-14(2)19-10-16(20)15-6-4-3-5-7-15/h3-9,13-14,16,19H,10-12H2,1-2H3. The van der Waals surface area contributed by atoms with E-state index < -0.39 is 0 Å². The van der Waals surface area contributed by atoms with E-state index in [0.717, 1.165) is 19.6 Å². The van der Waals surface area contributed by atoms with Crippen LogP contribution in [0.3, 0.4) is 0 Å². The minimum absolute atomic E-state index is 0.463. The SMILES string of the molecule is CC1CN(CC(C)c2nccs2)C(c2ccccc2)CN1. The quantitative estimate of drug-likeness (QED) is 0.939. The lowest BCUT2D eigenvalue weighted by atomic mass is 9.99. The average Bonchev–Trinajstić information content (AvgIpc) is 3.03. The van der Waals surface area contributed by atoms with Crippen molar-refractivity contribution in [1.82, 2.24) is 15.2 Å². The molecular formula is C17H23N3S. The molecule has 1 N–H and O–H groups in total. The Bertz CT molecular complexity index is 540. The number of hydrogen-bond acceptors (Lipinski definition) is 4. The van der Waals surface area contributed by atoms with Crippen molar-refractivity contribution in [2.75, 3.05) is 19.6 Å². The van der Waals surface area contributed by atoms with E-state index in [1.807, 2.05) is 6.20 Å². The molecule has 1 aliphatic rings. The minimum atomic E-state index is 0.463. The number of nitrogens with zero attached hydrogens (tertiary/aromatic N) is 2. The van der Waals surface area contributed by atoms with Crippen LogP contribution in [-0.2, 0) is 0 Å². The van der Waals surface area contributed by atoms with Crippen LogP contribution in [0.5, 0.6) is 0 Å². The van der Waals surface area contributed by atoms with Crippen molar-refractivity contribution >= 4 is 11.3 Å². The molecule has 0 saturated carbocycles. The van der Waals surface area contributed by atoms with Gasteiger partial charge in [-0.2, -0.15) is 0 Å². The molecule has 0 aliphatic carbocycles. The van der Waals surface area contributed by atoms with Gasteiger partial charge in [0.05, 0.1) is 5.01 Å². The van der Waals surface area contributed by atoms with Gasteiger partial charge < -0.3 is 5.32 Å². The molecular weight excluding hydrogens is 278 g/mol. The summed E-state index contributed by atoms with van der Waals surface area (Å²) in [6.45, 7) is 7.74. The van der Waals surface area contributed by atoms with Crippen molar-refractivity contribution in [3.8, 4) is 0 Å². The molecule has 3 atom stereocenters. The fourth-order valence-electron chi connectivity index (χ4n) is 3.10. The lowest BCUT2D eigenvalue weighted by Gasteiger charge is -2.40. The van der Waals surface area contributed by atoms with Crippen LogP contribution in [0.1, 0.15) is 36.4 Å². The van der Waals surface area contributed by atoms with Gasteiger partial charge in [0, 0.05) is 49.2 Å². The zero-order valence-electron chi connectivity index (χ0n) is 12.7. The molecule has 3 nitrogen and oxygen atoms in total. The molecule has 0 spiro atoms. The Morgan fingerprint density at radius 3 is 2.90 bits per heavy atom. The van der Waals surface area contributed by atoms with E-state index in [1.54, 1.807) is 11.3 Å². The Kier molecular flexibility index (Phi) is 4.68. The van der Waals surface area contributed by atoms with E-state index in [0.29, 0.717) is 18.0 Å². The maximum Gasteiger partial charge on any atom is 0.0965 e. The summed E-state index contributed by atoms with van der Waals surface area (Å²) in [6, 6.07) is 11.8. The second kappa shape index (κ2) is 6.69. The van der Waals surface area contributed by atoms with E-state index >= 15 is 0 Å². The second-order valence-electron chi connectivity index (χ2n) is 5.96. The van der Waals surface area contributed by atoms with E-state index in [1.165, 1.54) is 10.6 Å². The van der Waals surface area contributed by atoms with Crippen molar-refractivity contribution in [3.63, 3.8) is 0 Å². The minimum Gasteiger partial charge on any atom is -0.311 e. The third-order valence-corrected chi connectivity index (χ3v) is 5.18. The van der Waals surface area contributed by atoms with E-state index in [-0.39, 0.29) is 0 Å². The van der Waals surface area contributed by atoms with Gasteiger partial charge in [0.25, 0.3) is 0 Å². The van der Waals surface area contributed by atoms with Gasteiger partial charge in [0.15, 0.2) is 0 Å². The van der Waals surface area contributed by atoms with Crippen LogP contribution in [0, 0.1) is 0 Å². The summed E-state index contributed by atoms with van der Waals surface area (Å²) >= 11 is 1.76. The van der Waals surface area contributed by atoms with Gasteiger partial charge in [-0.25, -0.2) is 4.98 Å². The average molecular weight is 301 g/mol. The van der Waals surface area contributed by atoms with E-state index in [2.05, 4.69) is 64.8 Å². The van der Waals surface area contributed by atoms with E-state index in [9.17, 15) is 0 Å². The summed E-state index contributed by atoms with van der Waals surface area (Å²) in [5.74, 6) is 0.488. The molecule has 1 aromatic heterocycles. The summed E-state index contributed by atoms with van der Waals surface area (Å²) in [5, 5.41) is 6.93. The van der Waals surface area contributed by atoms with Gasteiger partial charge in [-0.05, 0) is 12.5 Å². The first-order valence-corrected chi connectivity index (χ1v) is 8.53. The summed E-state index contributed by atoms with van der Waals surface area (Å²) < 4.78 is 0. The molecule has 1 aliphatic heterocycles. The first kappa shape index (κ1) is 14.7. The highest BCUT2D eigenvalue weighted by molar-refractivity contribution is 7.09. The summed E-state index contributed by atoms with van der Waals surface area (Å²) in [5.41, 5.74) is 1.41. The Morgan fingerprint density at radius 2 is 2.19 bits per heavy atom. The molecule has 0 bridgehead atoms. The largest absolute Gasteiger partial charge is 0.311 e. The van der Waals surface area contributed by atoms with Crippen molar-refractivity contribution in [3.05, 3.63) is 52.5 Å². The molecule has 3 rings (SSSR count). The Hall–Kier alpha value is -1.23. The maximum absolute atomic E-state index is 4.47. The number of nitrogens with one attached hydrogen (secondary N) is 1. The molecule has 0 amide bonds. The summed E-state index contributed by atoms with van der Waals surface area (Å²) in [6.07, 6.45) is 1.91. The van der Waals surface area contributed by atoms with Crippen molar-refractivity contribution < 1.29 is 0 Å². The number of piperazine rings is 1. The number of rotatable bonds is 4. The van der Waals surface area contributed by atoms with Crippen LogP contribution in [0.2, 0.25) is 0 Å². The number of thiazole rings is 1. The van der Waals surface area contributed by atoms with Crippen LogP contribution in [0.25, 0.3) is 0 Å². The summed E-state index contributed by atoms with van der Waals surface area (Å²) in [4.78, 5) is 7.09. The predicted octanol–water partition coefficient (Wildman–Crippen LogP) is 3.28. The first-order chi connectivity index (χ1) is 10.2. The molecule has 2 aromatic rings. The summed E-state index contributed by atoms with van der Waals surface area (Å²) in [7, 11) is 0. The van der Waals surface area contributed by atoms with Crippen LogP contribution < -0.4 is 5.32 Å². The monoisotopic (exact) mass is 301 g/mol. The maximum atomic E-state index is 4.47. The van der Waals surface area contributed by atoms with Crippen molar-refractivity contribution in [2.45, 2.75) is 31.8 Å². The molecule has 1 saturated heterocycles. The fraction of sp³-hybridized carbons (Fsp3) is 0.471. The molecule has 2 heterocycles. The zero-order valence-corrected chi connectivity index (χ0v) is 13.5. The molecule has 112 valence electrons. The highest BCUT2D eigenvalue weighted by atomic mass is 32.1.